The molecule has 0 bridgehead atoms. The highest BCUT2D eigenvalue weighted by Crippen LogP contribution is 2.36. The second-order valence-corrected chi connectivity index (χ2v) is 14.5. The van der Waals surface area contributed by atoms with Crippen LogP contribution in [0.15, 0.2) is 41.5 Å². The monoisotopic (exact) mass is 630 g/mol. The fourth-order valence-corrected chi connectivity index (χ4v) is 6.88. The van der Waals surface area contributed by atoms with E-state index in [-0.39, 0.29) is 17.7 Å². The highest BCUT2D eigenvalue weighted by atomic mass is 16.6. The number of aromatic nitrogens is 5. The van der Waals surface area contributed by atoms with E-state index in [9.17, 15) is 9.59 Å². The van der Waals surface area contributed by atoms with E-state index in [0.29, 0.717) is 24.8 Å². The summed E-state index contributed by atoms with van der Waals surface area (Å²) in [5.74, 6) is 1.50. The summed E-state index contributed by atoms with van der Waals surface area (Å²) in [7, 11) is 1.82. The number of hydrogen-bond donors (Lipinski definition) is 0. The standard InChI is InChI=1S/C34H46N8O4/c1-33(2,3)46-32(44)41(19-24-9-10-24)27-8-7-15-40(20-27)26-11-12-29(35-18-26)34(22-45-23-34)42-21-28(36-37-42)25-16-30(38(4)31(43)17-25)39-13-5-6-14-39/h11-12,16-18,21,24,27H,5-10,13-15,19-20,22-23H2,1-4H3/t27-/m1/s1. The van der Waals surface area contributed by atoms with E-state index in [1.54, 1.807) is 10.6 Å². The van der Waals surface area contributed by atoms with Gasteiger partial charge in [-0.1, -0.05) is 5.21 Å². The lowest BCUT2D eigenvalue weighted by molar-refractivity contribution is -0.0851. The van der Waals surface area contributed by atoms with Crippen molar-refractivity contribution in [3.63, 3.8) is 0 Å². The molecule has 6 heterocycles. The summed E-state index contributed by atoms with van der Waals surface area (Å²) in [5, 5.41) is 9.01. The average molecular weight is 631 g/mol. The van der Waals surface area contributed by atoms with Crippen molar-refractivity contribution in [1.82, 2.24) is 29.4 Å². The molecule has 3 saturated heterocycles. The lowest BCUT2D eigenvalue weighted by Crippen LogP contribution is -2.53. The number of nitrogens with zero attached hydrogens (tertiary/aromatic N) is 8. The van der Waals surface area contributed by atoms with Crippen LogP contribution < -0.4 is 15.4 Å². The molecular weight excluding hydrogens is 584 g/mol. The van der Waals surface area contributed by atoms with E-state index in [0.717, 1.165) is 81.2 Å². The van der Waals surface area contributed by atoms with Gasteiger partial charge in [-0.25, -0.2) is 9.48 Å². The second-order valence-electron chi connectivity index (χ2n) is 14.5. The first-order chi connectivity index (χ1) is 22.1. The van der Waals surface area contributed by atoms with Gasteiger partial charge in [-0.05, 0) is 83.4 Å². The smallest absolute Gasteiger partial charge is 0.410 e. The number of amides is 1. The van der Waals surface area contributed by atoms with Crippen LogP contribution in [0.3, 0.4) is 0 Å². The lowest BCUT2D eigenvalue weighted by Gasteiger charge is -2.42. The Labute approximate surface area is 270 Å². The third kappa shape index (κ3) is 6.11. The summed E-state index contributed by atoms with van der Waals surface area (Å²) in [4.78, 5) is 37.6. The van der Waals surface area contributed by atoms with Crippen molar-refractivity contribution in [3.05, 3.63) is 52.7 Å². The molecule has 3 aliphatic heterocycles. The van der Waals surface area contributed by atoms with E-state index < -0.39 is 11.1 Å². The number of carbonyl (C=O) groups excluding carboxylic acids is 1. The Morgan fingerprint density at radius 1 is 1.07 bits per heavy atom. The Bertz CT molecular complexity index is 1610. The molecule has 0 spiro atoms. The van der Waals surface area contributed by atoms with E-state index in [1.807, 2.05) is 55.9 Å². The molecular formula is C34H46N8O4. The molecule has 0 radical (unpaired) electrons. The van der Waals surface area contributed by atoms with Gasteiger partial charge in [0.1, 0.15) is 17.1 Å². The van der Waals surface area contributed by atoms with Gasteiger partial charge in [-0.3, -0.25) is 14.3 Å². The Morgan fingerprint density at radius 2 is 1.83 bits per heavy atom. The zero-order valence-corrected chi connectivity index (χ0v) is 27.5. The highest BCUT2D eigenvalue weighted by molar-refractivity contribution is 5.69. The first kappa shape index (κ1) is 30.7. The van der Waals surface area contributed by atoms with Gasteiger partial charge in [-0.2, -0.15) is 0 Å². The molecule has 46 heavy (non-hydrogen) atoms. The minimum atomic E-state index is -0.566. The molecule has 1 atom stereocenters. The minimum Gasteiger partial charge on any atom is -0.444 e. The molecule has 3 aromatic heterocycles. The molecule has 4 aliphatic rings. The Morgan fingerprint density at radius 3 is 2.48 bits per heavy atom. The highest BCUT2D eigenvalue weighted by Gasteiger charge is 2.45. The van der Waals surface area contributed by atoms with Crippen LogP contribution in [0.4, 0.5) is 16.3 Å². The molecule has 4 fully saturated rings. The summed E-state index contributed by atoms with van der Waals surface area (Å²) in [5.41, 5.74) is 2.16. The molecule has 1 aliphatic carbocycles. The molecule has 12 heteroatoms. The van der Waals surface area contributed by atoms with Crippen LogP contribution in [-0.2, 0) is 22.1 Å². The molecule has 3 aromatic rings. The van der Waals surface area contributed by atoms with Crippen molar-refractivity contribution in [3.8, 4) is 11.3 Å². The van der Waals surface area contributed by atoms with Gasteiger partial charge >= 0.3 is 6.09 Å². The zero-order chi connectivity index (χ0) is 32.1. The van der Waals surface area contributed by atoms with E-state index >= 15 is 0 Å². The summed E-state index contributed by atoms with van der Waals surface area (Å²) in [6, 6.07) is 7.95. The summed E-state index contributed by atoms with van der Waals surface area (Å²) in [6.45, 7) is 11.0. The topological polar surface area (TPSA) is 111 Å². The fourth-order valence-electron chi connectivity index (χ4n) is 6.88. The molecule has 246 valence electrons. The lowest BCUT2D eigenvalue weighted by atomic mass is 9.92. The Balaban J connectivity index is 1.09. The summed E-state index contributed by atoms with van der Waals surface area (Å²) < 4.78 is 15.1. The third-order valence-corrected chi connectivity index (χ3v) is 9.78. The van der Waals surface area contributed by atoms with Crippen molar-refractivity contribution in [2.45, 2.75) is 76.5 Å². The van der Waals surface area contributed by atoms with Gasteiger partial charge < -0.3 is 24.2 Å². The van der Waals surface area contributed by atoms with Crippen molar-refractivity contribution < 1.29 is 14.3 Å². The molecule has 1 saturated carbocycles. The van der Waals surface area contributed by atoms with Crippen LogP contribution in [0.1, 0.15) is 65.0 Å². The number of carbonyl (C=O) groups is 1. The van der Waals surface area contributed by atoms with Gasteiger partial charge in [0.25, 0.3) is 5.56 Å². The molecule has 0 aromatic carbocycles. The van der Waals surface area contributed by atoms with Crippen LogP contribution in [0.5, 0.6) is 0 Å². The third-order valence-electron chi connectivity index (χ3n) is 9.78. The predicted octanol–water partition coefficient (Wildman–Crippen LogP) is 4.03. The van der Waals surface area contributed by atoms with E-state index in [2.05, 4.69) is 32.2 Å². The maximum atomic E-state index is 13.2. The molecule has 0 N–H and O–H groups in total. The van der Waals surface area contributed by atoms with Crippen molar-refractivity contribution >= 4 is 17.6 Å². The number of hydrogen-bond acceptors (Lipinski definition) is 9. The van der Waals surface area contributed by atoms with Gasteiger partial charge in [0.2, 0.25) is 0 Å². The number of anilines is 2. The van der Waals surface area contributed by atoms with Gasteiger partial charge in [0.15, 0.2) is 5.54 Å². The largest absolute Gasteiger partial charge is 0.444 e. The van der Waals surface area contributed by atoms with Crippen molar-refractivity contribution in [1.29, 1.82) is 0 Å². The van der Waals surface area contributed by atoms with Gasteiger partial charge in [-0.15, -0.1) is 5.10 Å². The first-order valence-electron chi connectivity index (χ1n) is 16.8. The maximum absolute atomic E-state index is 13.2. The molecule has 0 unspecified atom stereocenters. The minimum absolute atomic E-state index is 0.0606. The quantitative estimate of drug-likeness (QED) is 0.364. The van der Waals surface area contributed by atoms with Crippen LogP contribution in [0, 0.1) is 5.92 Å². The van der Waals surface area contributed by atoms with Crippen molar-refractivity contribution in [2.75, 3.05) is 55.7 Å². The normalized spacial score (nSPS) is 21.3. The summed E-state index contributed by atoms with van der Waals surface area (Å²) >= 11 is 0. The Hall–Kier alpha value is -3.93. The van der Waals surface area contributed by atoms with Gasteiger partial charge in [0, 0.05) is 51.4 Å². The van der Waals surface area contributed by atoms with Gasteiger partial charge in [0.05, 0.1) is 43.0 Å². The molecule has 7 rings (SSSR count). The molecule has 1 amide bonds. The van der Waals surface area contributed by atoms with Crippen molar-refractivity contribution in [2.24, 2.45) is 13.0 Å². The number of piperidine rings is 1. The fraction of sp³-hybridized carbons (Fsp3) is 0.618. The maximum Gasteiger partial charge on any atom is 0.410 e. The second kappa shape index (κ2) is 12.0. The Kier molecular flexibility index (Phi) is 8.02. The van der Waals surface area contributed by atoms with Crippen LogP contribution >= 0.6 is 0 Å². The van der Waals surface area contributed by atoms with Crippen LogP contribution in [-0.4, -0.2) is 93.1 Å². The van der Waals surface area contributed by atoms with E-state index in [1.165, 1.54) is 12.8 Å². The first-order valence-corrected chi connectivity index (χ1v) is 16.8. The summed E-state index contributed by atoms with van der Waals surface area (Å²) in [6.07, 6.45) is 10.2. The predicted molar refractivity (Wildman–Crippen MR) is 175 cm³/mol. The SMILES string of the molecule is Cn1c(N2CCCC2)cc(-c2cn(C3(c4ccc(N5CCC[C@@H](N(CC6CC6)C(=O)OC(C)(C)C)C5)cn4)COC3)nn2)cc1=O. The average Bonchev–Trinajstić information content (AvgIpc) is 3.42. The number of pyridine rings is 2. The molecule has 12 nitrogen and oxygen atoms in total. The number of rotatable bonds is 8. The zero-order valence-electron chi connectivity index (χ0n) is 27.5. The van der Waals surface area contributed by atoms with Crippen LogP contribution in [0.2, 0.25) is 0 Å². The van der Waals surface area contributed by atoms with E-state index in [4.69, 9.17) is 14.5 Å². The number of ether oxygens (including phenoxy) is 2. The van der Waals surface area contributed by atoms with Crippen LogP contribution in [0.25, 0.3) is 11.3 Å².